The molecule has 0 saturated carbocycles. The van der Waals surface area contributed by atoms with Crippen LogP contribution in [0, 0.1) is 11.8 Å². The topological polar surface area (TPSA) is 104 Å². The zero-order valence-electron chi connectivity index (χ0n) is 22.4. The van der Waals surface area contributed by atoms with Crippen LogP contribution in [0.5, 0.6) is 17.2 Å². The van der Waals surface area contributed by atoms with E-state index in [2.05, 4.69) is 4.98 Å². The lowest BCUT2D eigenvalue weighted by Crippen LogP contribution is -2.44. The molecule has 1 aromatic carbocycles. The number of esters is 1. The van der Waals surface area contributed by atoms with Crippen molar-refractivity contribution < 1.29 is 33.6 Å². The minimum atomic E-state index is -0.728. The summed E-state index contributed by atoms with van der Waals surface area (Å²) in [4.78, 5) is 29.6. The van der Waals surface area contributed by atoms with Gasteiger partial charge < -0.3 is 24.1 Å². The van der Waals surface area contributed by atoms with Gasteiger partial charge in [0, 0.05) is 31.2 Å². The summed E-state index contributed by atoms with van der Waals surface area (Å²) in [5.41, 5.74) is 0.374. The Morgan fingerprint density at radius 2 is 1.72 bits per heavy atom. The lowest BCUT2D eigenvalue weighted by Gasteiger charge is -2.38. The molecular weight excluding hydrogens is 462 g/mol. The summed E-state index contributed by atoms with van der Waals surface area (Å²) >= 11 is 0. The summed E-state index contributed by atoms with van der Waals surface area (Å²) in [6, 6.07) is 9.24. The summed E-state index contributed by atoms with van der Waals surface area (Å²) in [6.07, 6.45) is 2.24. The number of aromatic nitrogens is 1. The highest BCUT2D eigenvalue weighted by atomic mass is 16.5. The van der Waals surface area contributed by atoms with Crippen LogP contribution >= 0.6 is 0 Å². The molecule has 8 nitrogen and oxygen atoms in total. The molecule has 3 atom stereocenters. The van der Waals surface area contributed by atoms with Gasteiger partial charge in [-0.2, -0.15) is 0 Å². The number of Topliss-reactive ketones (excluding diaryl/α,β-unsaturated/α-hetero) is 1. The molecule has 0 unspecified atom stereocenters. The number of ether oxygens (including phenoxy) is 4. The Morgan fingerprint density at radius 3 is 2.31 bits per heavy atom. The van der Waals surface area contributed by atoms with Gasteiger partial charge in [-0.05, 0) is 51.3 Å². The van der Waals surface area contributed by atoms with Gasteiger partial charge in [-0.15, -0.1) is 0 Å². The van der Waals surface area contributed by atoms with Gasteiger partial charge in [0.15, 0.2) is 23.0 Å². The molecule has 1 heterocycles. The number of rotatable bonds is 14. The van der Waals surface area contributed by atoms with Gasteiger partial charge in [0.05, 0.1) is 25.7 Å². The fourth-order valence-electron chi connectivity index (χ4n) is 4.11. The molecule has 36 heavy (non-hydrogen) atoms. The Balaban J connectivity index is 2.14. The Morgan fingerprint density at radius 1 is 1.06 bits per heavy atom. The quantitative estimate of drug-likeness (QED) is 0.285. The molecule has 1 aromatic heterocycles. The molecular formula is C28H39NO7. The van der Waals surface area contributed by atoms with Crippen molar-refractivity contribution in [2.45, 2.75) is 65.6 Å². The normalized spacial score (nSPS) is 14.0. The maximum Gasteiger partial charge on any atom is 0.309 e. The van der Waals surface area contributed by atoms with Crippen molar-refractivity contribution >= 4 is 11.8 Å². The Labute approximate surface area is 213 Å². The van der Waals surface area contributed by atoms with E-state index >= 15 is 0 Å². The van der Waals surface area contributed by atoms with E-state index in [0.29, 0.717) is 13.0 Å². The number of ketones is 1. The summed E-state index contributed by atoms with van der Waals surface area (Å²) in [6.45, 7) is 10.1. The summed E-state index contributed by atoms with van der Waals surface area (Å²) in [5.74, 6) is -1.26. The minimum Gasteiger partial charge on any atom is -0.503 e. The second-order valence-corrected chi connectivity index (χ2v) is 9.49. The molecule has 0 fully saturated rings. The number of hydrogen-bond acceptors (Lipinski definition) is 8. The summed E-state index contributed by atoms with van der Waals surface area (Å²) in [7, 11) is 3.01. The number of aromatic hydroxyl groups is 1. The van der Waals surface area contributed by atoms with Gasteiger partial charge in [0.1, 0.15) is 11.9 Å². The van der Waals surface area contributed by atoms with E-state index in [0.717, 1.165) is 17.7 Å². The molecule has 0 aliphatic rings. The first kappa shape index (κ1) is 29.1. The van der Waals surface area contributed by atoms with Crippen LogP contribution in [0.1, 0.15) is 63.5 Å². The summed E-state index contributed by atoms with van der Waals surface area (Å²) in [5, 5.41) is 10.2. The lowest BCUT2D eigenvalue weighted by atomic mass is 9.81. The van der Waals surface area contributed by atoms with Crippen LogP contribution < -0.4 is 9.47 Å². The van der Waals surface area contributed by atoms with Crippen LogP contribution in [-0.2, 0) is 20.7 Å². The van der Waals surface area contributed by atoms with E-state index in [1.54, 1.807) is 14.0 Å². The average Bonchev–Trinajstić information content (AvgIpc) is 2.86. The molecule has 0 amide bonds. The number of pyridine rings is 1. The lowest BCUT2D eigenvalue weighted by molar-refractivity contribution is -0.163. The molecule has 0 spiro atoms. The SMILES string of the molecule is CCCOC(C)(C)[C@@H](Cc1ccc(OC)cc1)[C@H](C)OC(=O)[C@H](C)CC(=O)c1nccc(OC)c1O. The Hall–Kier alpha value is -3.13. The van der Waals surface area contributed by atoms with Crippen molar-refractivity contribution in [1.82, 2.24) is 4.98 Å². The number of carbonyl (C=O) groups excluding carboxylic acids is 2. The number of hydrogen-bond donors (Lipinski definition) is 1. The minimum absolute atomic E-state index is 0.131. The monoisotopic (exact) mass is 501 g/mol. The van der Waals surface area contributed by atoms with Gasteiger partial charge in [0.25, 0.3) is 0 Å². The molecule has 1 N–H and O–H groups in total. The number of benzene rings is 1. The van der Waals surface area contributed by atoms with Crippen molar-refractivity contribution in [1.29, 1.82) is 0 Å². The average molecular weight is 502 g/mol. The third-order valence-corrected chi connectivity index (χ3v) is 6.32. The Kier molecular flexibility index (Phi) is 10.7. The van der Waals surface area contributed by atoms with Gasteiger partial charge in [-0.1, -0.05) is 26.0 Å². The van der Waals surface area contributed by atoms with Crippen molar-refractivity contribution in [2.24, 2.45) is 11.8 Å². The molecule has 0 aliphatic carbocycles. The van der Waals surface area contributed by atoms with Crippen molar-refractivity contribution in [2.75, 3.05) is 20.8 Å². The van der Waals surface area contributed by atoms with Gasteiger partial charge in [0.2, 0.25) is 0 Å². The van der Waals surface area contributed by atoms with E-state index in [4.69, 9.17) is 18.9 Å². The third kappa shape index (κ3) is 7.68. The highest BCUT2D eigenvalue weighted by Gasteiger charge is 2.37. The number of carbonyl (C=O) groups is 2. The zero-order chi connectivity index (χ0) is 26.9. The summed E-state index contributed by atoms with van der Waals surface area (Å²) < 4.78 is 22.3. The van der Waals surface area contributed by atoms with E-state index in [1.807, 2.05) is 52.0 Å². The standard InChI is InChI=1S/C28H39NO7/c1-8-15-35-28(4,5)22(17-20-9-11-21(33-6)12-10-20)19(3)36-27(32)18(2)16-23(30)25-26(31)24(34-7)13-14-29-25/h9-14,18-19,22,31H,8,15-17H2,1-7H3/t18-,19+,22+/m1/s1. The van der Waals surface area contributed by atoms with Gasteiger partial charge >= 0.3 is 5.97 Å². The van der Waals surface area contributed by atoms with Gasteiger partial charge in [-0.25, -0.2) is 4.98 Å². The Bertz CT molecular complexity index is 1000. The molecule has 0 saturated heterocycles. The predicted octanol–water partition coefficient (Wildman–Crippen LogP) is 5.01. The van der Waals surface area contributed by atoms with Crippen molar-refractivity contribution in [3.8, 4) is 17.2 Å². The second-order valence-electron chi connectivity index (χ2n) is 9.49. The van der Waals surface area contributed by atoms with E-state index < -0.39 is 29.4 Å². The molecule has 0 radical (unpaired) electrons. The number of nitrogens with zero attached hydrogens (tertiary/aromatic N) is 1. The van der Waals surface area contributed by atoms with Gasteiger partial charge in [-0.3, -0.25) is 9.59 Å². The second kappa shape index (κ2) is 13.3. The van der Waals surface area contributed by atoms with Crippen LogP contribution in [0.2, 0.25) is 0 Å². The highest BCUT2D eigenvalue weighted by Crippen LogP contribution is 2.32. The van der Waals surface area contributed by atoms with Crippen molar-refractivity contribution in [3.05, 3.63) is 47.8 Å². The van der Waals surface area contributed by atoms with Crippen LogP contribution in [0.3, 0.4) is 0 Å². The van der Waals surface area contributed by atoms with Crippen LogP contribution in [0.4, 0.5) is 0 Å². The first-order chi connectivity index (χ1) is 17.0. The first-order valence-corrected chi connectivity index (χ1v) is 12.3. The highest BCUT2D eigenvalue weighted by molar-refractivity contribution is 5.99. The van der Waals surface area contributed by atoms with E-state index in [-0.39, 0.29) is 29.5 Å². The number of methoxy groups -OCH3 is 2. The predicted molar refractivity (Wildman–Crippen MR) is 137 cm³/mol. The smallest absolute Gasteiger partial charge is 0.309 e. The molecule has 198 valence electrons. The van der Waals surface area contributed by atoms with Crippen LogP contribution in [0.25, 0.3) is 0 Å². The first-order valence-electron chi connectivity index (χ1n) is 12.3. The molecule has 2 aromatic rings. The largest absolute Gasteiger partial charge is 0.503 e. The van der Waals surface area contributed by atoms with Crippen LogP contribution in [-0.4, -0.2) is 54.4 Å². The molecule has 8 heteroatoms. The van der Waals surface area contributed by atoms with Crippen molar-refractivity contribution in [3.63, 3.8) is 0 Å². The maximum atomic E-state index is 13.0. The third-order valence-electron chi connectivity index (χ3n) is 6.32. The van der Waals surface area contributed by atoms with Crippen LogP contribution in [0.15, 0.2) is 36.5 Å². The van der Waals surface area contributed by atoms with E-state index in [1.165, 1.54) is 19.4 Å². The zero-order valence-corrected chi connectivity index (χ0v) is 22.4. The fraction of sp³-hybridized carbons (Fsp3) is 0.536. The fourth-order valence-corrected chi connectivity index (χ4v) is 4.11. The molecule has 0 bridgehead atoms. The maximum absolute atomic E-state index is 13.0. The molecule has 0 aliphatic heterocycles. The molecule has 2 rings (SSSR count). The van der Waals surface area contributed by atoms with E-state index in [9.17, 15) is 14.7 Å².